The van der Waals surface area contributed by atoms with Crippen LogP contribution in [0.15, 0.2) is 102 Å². The molecule has 1 heterocycles. The lowest BCUT2D eigenvalue weighted by Gasteiger charge is -2.18. The summed E-state index contributed by atoms with van der Waals surface area (Å²) in [6.45, 7) is 1.16. The number of aryl methyl sites for hydroxylation is 2. The molecule has 1 aromatic heterocycles. The fourth-order valence-electron chi connectivity index (χ4n) is 4.58. The third kappa shape index (κ3) is 4.61. The Morgan fingerprint density at radius 3 is 2.31 bits per heavy atom. The Kier molecular flexibility index (Phi) is 6.32. The van der Waals surface area contributed by atoms with Crippen LogP contribution in [-0.4, -0.2) is 0 Å². The molecule has 0 amide bonds. The lowest BCUT2D eigenvalue weighted by molar-refractivity contribution is 0.0929. The van der Waals surface area contributed by atoms with Crippen LogP contribution < -0.4 is 0 Å². The molecular weight excluding hydrogens is 392 g/mol. The maximum atomic E-state index is 5.47. The van der Waals surface area contributed by atoms with E-state index in [4.69, 9.17) is 9.15 Å². The van der Waals surface area contributed by atoms with E-state index in [0.29, 0.717) is 13.2 Å². The molecule has 4 aromatic carbocycles. The van der Waals surface area contributed by atoms with Gasteiger partial charge in [0.15, 0.2) is 0 Å². The average Bonchev–Trinajstić information content (AvgIpc) is 3.38. The van der Waals surface area contributed by atoms with E-state index in [9.17, 15) is 0 Å². The summed E-state index contributed by atoms with van der Waals surface area (Å²) in [5, 5.41) is 5.64. The van der Waals surface area contributed by atoms with Gasteiger partial charge >= 0.3 is 0 Å². The minimum absolute atomic E-state index is 0.530. The number of ether oxygens (including phenoxy) is 1. The topological polar surface area (TPSA) is 22.4 Å². The van der Waals surface area contributed by atoms with Gasteiger partial charge in [-0.05, 0) is 76.1 Å². The van der Waals surface area contributed by atoms with Gasteiger partial charge in [0, 0.05) is 0 Å². The van der Waals surface area contributed by atoms with E-state index in [1.807, 2.05) is 42.5 Å². The van der Waals surface area contributed by atoms with Gasteiger partial charge in [0.25, 0.3) is 0 Å². The van der Waals surface area contributed by atoms with Crippen molar-refractivity contribution in [3.05, 3.63) is 120 Å². The van der Waals surface area contributed by atoms with Crippen LogP contribution in [0.25, 0.3) is 21.5 Å². The number of hydrogen-bond acceptors (Lipinski definition) is 2. The highest BCUT2D eigenvalue weighted by atomic mass is 16.5. The van der Waals surface area contributed by atoms with E-state index < -0.39 is 0 Å². The van der Waals surface area contributed by atoms with Crippen LogP contribution >= 0.6 is 0 Å². The first-order valence-corrected chi connectivity index (χ1v) is 11.4. The summed E-state index contributed by atoms with van der Waals surface area (Å²) >= 11 is 0. The lowest BCUT2D eigenvalue weighted by Crippen LogP contribution is -2.02. The summed E-state index contributed by atoms with van der Waals surface area (Å²) in [6, 6.07) is 31.8. The minimum Gasteiger partial charge on any atom is -0.467 e. The third-order valence-corrected chi connectivity index (χ3v) is 6.19. The monoisotopic (exact) mass is 420 g/mol. The number of fused-ring (bicyclic) bond motifs is 5. The van der Waals surface area contributed by atoms with Gasteiger partial charge < -0.3 is 9.15 Å². The van der Waals surface area contributed by atoms with Crippen LogP contribution in [0.1, 0.15) is 35.3 Å². The van der Waals surface area contributed by atoms with Crippen LogP contribution in [-0.2, 0) is 30.8 Å². The smallest absolute Gasteiger partial charge is 0.129 e. The standard InChI is InChI=1S/C18H16.C12H12O2/c1-3-7-15-13(5-1)9-11-18-16-8-4-2-6-14(16)10-12-17(15)18;1-2-5-11(6-3-1)9-13-10-12-7-4-8-14-12/h1,3,5,7,9-12H,2,4,6,8H2;1-8H,9-10H2. The van der Waals surface area contributed by atoms with Crippen molar-refractivity contribution in [1.82, 2.24) is 0 Å². The summed E-state index contributed by atoms with van der Waals surface area (Å²) < 4.78 is 10.6. The largest absolute Gasteiger partial charge is 0.467 e. The minimum atomic E-state index is 0.530. The zero-order chi connectivity index (χ0) is 21.6. The molecule has 2 nitrogen and oxygen atoms in total. The number of furan rings is 1. The summed E-state index contributed by atoms with van der Waals surface area (Å²) in [6.07, 6.45) is 6.87. The molecule has 1 aliphatic rings. The van der Waals surface area contributed by atoms with Crippen molar-refractivity contribution in [2.24, 2.45) is 0 Å². The normalized spacial score (nSPS) is 12.9. The van der Waals surface area contributed by atoms with Gasteiger partial charge in [-0.2, -0.15) is 0 Å². The molecule has 160 valence electrons. The summed E-state index contributed by atoms with van der Waals surface area (Å²) in [4.78, 5) is 0. The Bertz CT molecular complexity index is 1290. The molecule has 6 rings (SSSR count). The molecule has 0 N–H and O–H groups in total. The maximum Gasteiger partial charge on any atom is 0.129 e. The van der Waals surface area contributed by atoms with Gasteiger partial charge in [-0.15, -0.1) is 0 Å². The Hall–Kier alpha value is -3.36. The maximum absolute atomic E-state index is 5.47. The molecule has 0 bridgehead atoms. The van der Waals surface area contributed by atoms with Gasteiger partial charge in [-0.3, -0.25) is 0 Å². The Labute approximate surface area is 189 Å². The quantitative estimate of drug-likeness (QED) is 0.276. The van der Waals surface area contributed by atoms with Crippen LogP contribution in [0, 0.1) is 0 Å². The average molecular weight is 421 g/mol. The van der Waals surface area contributed by atoms with E-state index >= 15 is 0 Å². The molecular formula is C30H28O2. The summed E-state index contributed by atoms with van der Waals surface area (Å²) in [5.74, 6) is 0.862. The van der Waals surface area contributed by atoms with Crippen molar-refractivity contribution >= 4 is 21.5 Å². The highest BCUT2D eigenvalue weighted by molar-refractivity contribution is 6.08. The molecule has 0 atom stereocenters. The van der Waals surface area contributed by atoms with Crippen molar-refractivity contribution < 1.29 is 9.15 Å². The van der Waals surface area contributed by atoms with E-state index in [1.165, 1.54) is 52.8 Å². The predicted octanol–water partition coefficient (Wildman–Crippen LogP) is 7.87. The summed E-state index contributed by atoms with van der Waals surface area (Å²) in [5.41, 5.74) is 4.35. The number of benzene rings is 4. The van der Waals surface area contributed by atoms with Gasteiger partial charge in [-0.1, -0.05) is 78.9 Å². The Morgan fingerprint density at radius 2 is 1.44 bits per heavy atom. The summed E-state index contributed by atoms with van der Waals surface area (Å²) in [7, 11) is 0. The molecule has 0 spiro atoms. The second-order valence-electron chi connectivity index (χ2n) is 8.35. The van der Waals surface area contributed by atoms with Crippen LogP contribution in [0.5, 0.6) is 0 Å². The van der Waals surface area contributed by atoms with Gasteiger partial charge in [0.05, 0.1) is 12.9 Å². The molecule has 0 unspecified atom stereocenters. The van der Waals surface area contributed by atoms with E-state index in [-0.39, 0.29) is 0 Å². The fraction of sp³-hybridized carbons (Fsp3) is 0.200. The molecule has 5 aromatic rings. The van der Waals surface area contributed by atoms with E-state index in [1.54, 1.807) is 17.4 Å². The van der Waals surface area contributed by atoms with Crippen molar-refractivity contribution in [2.75, 3.05) is 0 Å². The second-order valence-corrected chi connectivity index (χ2v) is 8.35. The third-order valence-electron chi connectivity index (χ3n) is 6.19. The van der Waals surface area contributed by atoms with Crippen LogP contribution in [0.2, 0.25) is 0 Å². The molecule has 1 aliphatic carbocycles. The molecule has 0 fully saturated rings. The highest BCUT2D eigenvalue weighted by Gasteiger charge is 2.13. The van der Waals surface area contributed by atoms with Crippen LogP contribution in [0.4, 0.5) is 0 Å². The van der Waals surface area contributed by atoms with E-state index in [0.717, 1.165) is 5.76 Å². The SMILES string of the molecule is c1ccc(COCc2ccco2)cc1.c1ccc2c(c1)ccc1c3c(ccc12)CCCC3. The first-order chi connectivity index (χ1) is 15.9. The highest BCUT2D eigenvalue weighted by Crippen LogP contribution is 2.33. The first-order valence-electron chi connectivity index (χ1n) is 11.4. The second kappa shape index (κ2) is 9.84. The fourth-order valence-corrected chi connectivity index (χ4v) is 4.58. The molecule has 2 heteroatoms. The number of rotatable bonds is 4. The zero-order valence-electron chi connectivity index (χ0n) is 18.3. The molecule has 32 heavy (non-hydrogen) atoms. The Balaban J connectivity index is 0.000000140. The van der Waals surface area contributed by atoms with Crippen molar-refractivity contribution in [1.29, 1.82) is 0 Å². The Morgan fingerprint density at radius 1 is 0.625 bits per heavy atom. The van der Waals surface area contributed by atoms with Crippen LogP contribution in [0.3, 0.4) is 0 Å². The molecule has 0 saturated heterocycles. The zero-order valence-corrected chi connectivity index (χ0v) is 18.3. The van der Waals surface area contributed by atoms with Crippen molar-refractivity contribution in [3.8, 4) is 0 Å². The lowest BCUT2D eigenvalue weighted by atomic mass is 9.86. The van der Waals surface area contributed by atoms with Gasteiger partial charge in [-0.25, -0.2) is 0 Å². The van der Waals surface area contributed by atoms with Gasteiger partial charge in [0.2, 0.25) is 0 Å². The van der Waals surface area contributed by atoms with E-state index in [2.05, 4.69) is 48.5 Å². The van der Waals surface area contributed by atoms with Crippen molar-refractivity contribution in [2.45, 2.75) is 38.9 Å². The van der Waals surface area contributed by atoms with Crippen molar-refractivity contribution in [3.63, 3.8) is 0 Å². The number of hydrogen-bond donors (Lipinski definition) is 0. The molecule has 0 aliphatic heterocycles. The predicted molar refractivity (Wildman–Crippen MR) is 132 cm³/mol. The first kappa shape index (κ1) is 20.5. The molecule has 0 saturated carbocycles. The molecule has 0 radical (unpaired) electrons. The van der Waals surface area contributed by atoms with Gasteiger partial charge in [0.1, 0.15) is 12.4 Å².